The van der Waals surface area contributed by atoms with Gasteiger partial charge in [0.05, 0.1) is 0 Å². The van der Waals surface area contributed by atoms with Gasteiger partial charge >= 0.3 is 5.69 Å². The number of nitrogens with zero attached hydrogens (tertiary/aromatic N) is 2. The molecule has 0 saturated carbocycles. The van der Waals surface area contributed by atoms with Crippen LogP contribution in [0.15, 0.2) is 4.79 Å². The van der Waals surface area contributed by atoms with Gasteiger partial charge in [0.1, 0.15) is 0 Å². The minimum atomic E-state index is -0.346. The lowest BCUT2D eigenvalue weighted by atomic mass is 10.2. The van der Waals surface area contributed by atoms with Crippen molar-refractivity contribution >= 4 is 0 Å². The van der Waals surface area contributed by atoms with E-state index >= 15 is 0 Å². The second-order valence-electron chi connectivity index (χ2n) is 2.77. The fourth-order valence-corrected chi connectivity index (χ4v) is 1.05. The smallest absolute Gasteiger partial charge is 0.333 e. The zero-order chi connectivity index (χ0) is 8.97. The Morgan fingerprint density at radius 2 is 2.33 bits per heavy atom. The van der Waals surface area contributed by atoms with Gasteiger partial charge in [0, 0.05) is 6.42 Å². The van der Waals surface area contributed by atoms with Gasteiger partial charge in [-0.25, -0.2) is 9.89 Å². The van der Waals surface area contributed by atoms with Gasteiger partial charge in [-0.05, 0) is 6.42 Å². The summed E-state index contributed by atoms with van der Waals surface area (Å²) >= 11 is 0. The normalized spacial score (nSPS) is 10.4. The lowest BCUT2D eigenvalue weighted by Gasteiger charge is -1.97. The zero-order valence-corrected chi connectivity index (χ0v) is 7.21. The molecule has 0 spiro atoms. The molecule has 1 rings (SSSR count). The highest BCUT2D eigenvalue weighted by Gasteiger charge is 2.02. The van der Waals surface area contributed by atoms with Crippen molar-refractivity contribution in [1.82, 2.24) is 14.9 Å². The highest BCUT2D eigenvalue weighted by atomic mass is 16.2. The highest BCUT2D eigenvalue weighted by Crippen LogP contribution is 1.99. The Morgan fingerprint density at radius 3 is 2.83 bits per heavy atom. The summed E-state index contributed by atoms with van der Waals surface area (Å²) in [6.45, 7) is 2.13. The quantitative estimate of drug-likeness (QED) is 0.494. The van der Waals surface area contributed by atoms with E-state index in [4.69, 9.17) is 5.84 Å². The number of nitrogens with two attached hydrogens (primary N) is 1. The van der Waals surface area contributed by atoms with Crippen LogP contribution in [0.5, 0.6) is 0 Å². The largest absolute Gasteiger partial charge is 0.361 e. The minimum Gasteiger partial charge on any atom is -0.333 e. The number of aromatic amines is 1. The Kier molecular flexibility index (Phi) is 2.90. The van der Waals surface area contributed by atoms with Gasteiger partial charge in [0.2, 0.25) is 0 Å². The van der Waals surface area contributed by atoms with Crippen LogP contribution in [0.1, 0.15) is 32.0 Å². The first-order valence-electron chi connectivity index (χ1n) is 4.17. The molecule has 0 radical (unpaired) electrons. The van der Waals surface area contributed by atoms with Crippen molar-refractivity contribution in [2.45, 2.75) is 32.6 Å². The van der Waals surface area contributed by atoms with Crippen LogP contribution in [0.2, 0.25) is 0 Å². The summed E-state index contributed by atoms with van der Waals surface area (Å²) in [6.07, 6.45) is 4.08. The van der Waals surface area contributed by atoms with Crippen LogP contribution in [0.25, 0.3) is 0 Å². The molecule has 1 aromatic rings. The molecule has 0 saturated heterocycles. The molecule has 12 heavy (non-hydrogen) atoms. The number of hydrogen-bond donors (Lipinski definition) is 2. The number of rotatable bonds is 4. The first kappa shape index (κ1) is 8.83. The summed E-state index contributed by atoms with van der Waals surface area (Å²) in [7, 11) is 0. The predicted molar refractivity (Wildman–Crippen MR) is 46.2 cm³/mol. The van der Waals surface area contributed by atoms with Gasteiger partial charge in [0.25, 0.3) is 0 Å². The Balaban J connectivity index is 2.52. The maximum Gasteiger partial charge on any atom is 0.361 e. The van der Waals surface area contributed by atoms with E-state index < -0.39 is 0 Å². The van der Waals surface area contributed by atoms with E-state index in [2.05, 4.69) is 17.1 Å². The maximum atomic E-state index is 10.8. The standard InChI is InChI=1S/C7H14N4O/c1-2-3-4-5-6-9-10-7(12)11(6)8/h2-5,8H2,1H3,(H,10,12). The number of aromatic nitrogens is 3. The second kappa shape index (κ2) is 3.94. The van der Waals surface area contributed by atoms with Crippen molar-refractivity contribution in [2.75, 3.05) is 5.84 Å². The van der Waals surface area contributed by atoms with Crippen molar-refractivity contribution in [3.8, 4) is 0 Å². The number of H-pyrrole nitrogens is 1. The van der Waals surface area contributed by atoms with Crippen LogP contribution in [0, 0.1) is 0 Å². The minimum absolute atomic E-state index is 0.346. The van der Waals surface area contributed by atoms with Crippen LogP contribution in [-0.2, 0) is 6.42 Å². The first-order valence-corrected chi connectivity index (χ1v) is 4.17. The summed E-state index contributed by atoms with van der Waals surface area (Å²) in [5, 5.41) is 6.08. The molecular formula is C7H14N4O. The molecule has 0 atom stereocenters. The molecule has 0 aliphatic carbocycles. The van der Waals surface area contributed by atoms with Gasteiger partial charge in [-0.1, -0.05) is 19.8 Å². The third-order valence-corrected chi connectivity index (χ3v) is 1.78. The number of hydrogen-bond acceptors (Lipinski definition) is 3. The van der Waals surface area contributed by atoms with E-state index in [1.54, 1.807) is 0 Å². The molecule has 0 fully saturated rings. The van der Waals surface area contributed by atoms with Crippen molar-refractivity contribution in [3.05, 3.63) is 16.3 Å². The third kappa shape index (κ3) is 1.87. The molecule has 68 valence electrons. The highest BCUT2D eigenvalue weighted by molar-refractivity contribution is 4.85. The summed E-state index contributed by atoms with van der Waals surface area (Å²) < 4.78 is 1.07. The Labute approximate surface area is 70.6 Å². The fourth-order valence-electron chi connectivity index (χ4n) is 1.05. The second-order valence-corrected chi connectivity index (χ2v) is 2.77. The van der Waals surface area contributed by atoms with E-state index in [0.29, 0.717) is 5.82 Å². The molecular weight excluding hydrogens is 156 g/mol. The first-order chi connectivity index (χ1) is 5.75. The Bertz CT molecular complexity index is 288. The van der Waals surface area contributed by atoms with Crippen molar-refractivity contribution < 1.29 is 0 Å². The molecule has 0 unspecified atom stereocenters. The Hall–Kier alpha value is -1.26. The topological polar surface area (TPSA) is 76.7 Å². The van der Waals surface area contributed by atoms with Crippen molar-refractivity contribution in [1.29, 1.82) is 0 Å². The summed E-state index contributed by atoms with van der Waals surface area (Å²) in [5.74, 6) is 6.03. The predicted octanol–water partition coefficient (Wildman–Crippen LogP) is 0.0179. The summed E-state index contributed by atoms with van der Waals surface area (Å²) in [6, 6.07) is 0. The lowest BCUT2D eigenvalue weighted by Crippen LogP contribution is -2.26. The van der Waals surface area contributed by atoms with E-state index in [1.807, 2.05) is 0 Å². The van der Waals surface area contributed by atoms with Gasteiger partial charge in [-0.3, -0.25) is 0 Å². The molecule has 0 aromatic carbocycles. The SMILES string of the molecule is CCCCCc1n[nH]c(=O)n1N. The molecule has 0 bridgehead atoms. The number of unbranched alkanes of at least 4 members (excludes halogenated alkanes) is 2. The average Bonchev–Trinajstić information content (AvgIpc) is 2.36. The van der Waals surface area contributed by atoms with Crippen LogP contribution >= 0.6 is 0 Å². The van der Waals surface area contributed by atoms with Gasteiger partial charge < -0.3 is 5.84 Å². The fraction of sp³-hybridized carbons (Fsp3) is 0.714. The van der Waals surface area contributed by atoms with Crippen LogP contribution in [-0.4, -0.2) is 14.9 Å². The van der Waals surface area contributed by atoms with E-state index in [1.165, 1.54) is 0 Å². The average molecular weight is 170 g/mol. The number of nitrogen functional groups attached to an aromatic ring is 1. The zero-order valence-electron chi connectivity index (χ0n) is 7.21. The van der Waals surface area contributed by atoms with Gasteiger partial charge in [0.15, 0.2) is 5.82 Å². The molecule has 5 heteroatoms. The molecule has 1 aromatic heterocycles. The summed E-state index contributed by atoms with van der Waals surface area (Å²) in [4.78, 5) is 10.8. The van der Waals surface area contributed by atoms with Crippen molar-refractivity contribution in [2.24, 2.45) is 0 Å². The molecule has 1 heterocycles. The van der Waals surface area contributed by atoms with Gasteiger partial charge in [-0.2, -0.15) is 9.77 Å². The molecule has 0 amide bonds. The van der Waals surface area contributed by atoms with Crippen LogP contribution < -0.4 is 11.5 Å². The maximum absolute atomic E-state index is 10.8. The Morgan fingerprint density at radius 1 is 1.58 bits per heavy atom. The van der Waals surface area contributed by atoms with E-state index in [-0.39, 0.29) is 5.69 Å². The lowest BCUT2D eigenvalue weighted by molar-refractivity contribution is 0.677. The van der Waals surface area contributed by atoms with Crippen LogP contribution in [0.4, 0.5) is 0 Å². The van der Waals surface area contributed by atoms with Gasteiger partial charge in [-0.15, -0.1) is 0 Å². The number of nitrogens with one attached hydrogen (secondary N) is 1. The van der Waals surface area contributed by atoms with Crippen LogP contribution in [0.3, 0.4) is 0 Å². The third-order valence-electron chi connectivity index (χ3n) is 1.78. The van der Waals surface area contributed by atoms with E-state index in [9.17, 15) is 4.79 Å². The van der Waals surface area contributed by atoms with Crippen molar-refractivity contribution in [3.63, 3.8) is 0 Å². The molecule has 3 N–H and O–H groups in total. The van der Waals surface area contributed by atoms with E-state index in [0.717, 1.165) is 30.4 Å². The molecule has 0 aliphatic rings. The monoisotopic (exact) mass is 170 g/mol. The summed E-state index contributed by atoms with van der Waals surface area (Å²) in [5.41, 5.74) is -0.346. The molecule has 0 aliphatic heterocycles. The molecule has 5 nitrogen and oxygen atoms in total. The number of aryl methyl sites for hydroxylation is 1.